The highest BCUT2D eigenvalue weighted by molar-refractivity contribution is 6.10. The Bertz CT molecular complexity index is 740. The van der Waals surface area contributed by atoms with E-state index in [0.29, 0.717) is 0 Å². The molecular formula is C13H7NO2. The normalized spacial score (nSPS) is 13.2. The van der Waals surface area contributed by atoms with Crippen molar-refractivity contribution < 1.29 is 9.15 Å². The summed E-state index contributed by atoms with van der Waals surface area (Å²) in [5, 5.41) is 2.18. The van der Waals surface area contributed by atoms with Gasteiger partial charge in [-0.05, 0) is 11.6 Å². The Labute approximate surface area is 91.0 Å². The predicted molar refractivity (Wildman–Crippen MR) is 61.2 cm³/mol. The number of benzene rings is 2. The highest BCUT2D eigenvalue weighted by Crippen LogP contribution is 2.37. The van der Waals surface area contributed by atoms with Gasteiger partial charge in [0.1, 0.15) is 11.3 Å². The van der Waals surface area contributed by atoms with E-state index in [1.165, 1.54) is 6.39 Å². The fraction of sp³-hybridized carbons (Fsp3) is 0. The Morgan fingerprint density at radius 3 is 3.19 bits per heavy atom. The lowest BCUT2D eigenvalue weighted by Gasteiger charge is -2.12. The molecule has 0 amide bonds. The molecule has 3 heteroatoms. The number of oxazole rings is 1. The molecule has 3 nitrogen and oxygen atoms in total. The molecule has 0 saturated heterocycles. The fourth-order valence-corrected chi connectivity index (χ4v) is 2.21. The van der Waals surface area contributed by atoms with Crippen molar-refractivity contribution in [3.8, 4) is 5.75 Å². The molecule has 0 saturated carbocycles. The van der Waals surface area contributed by atoms with Crippen LogP contribution in [-0.4, -0.2) is 4.98 Å². The van der Waals surface area contributed by atoms with Crippen molar-refractivity contribution in [2.45, 2.75) is 0 Å². The van der Waals surface area contributed by atoms with Crippen LogP contribution in [0.4, 0.5) is 0 Å². The van der Waals surface area contributed by atoms with Crippen LogP contribution in [0.15, 0.2) is 41.3 Å². The molecule has 2 heterocycles. The van der Waals surface area contributed by atoms with Gasteiger partial charge in [0.15, 0.2) is 12.0 Å². The maximum atomic E-state index is 5.50. The second-order valence-electron chi connectivity index (χ2n) is 3.76. The van der Waals surface area contributed by atoms with Crippen LogP contribution in [0.3, 0.4) is 0 Å². The number of hydrogen-bond acceptors (Lipinski definition) is 3. The van der Waals surface area contributed by atoms with Gasteiger partial charge in [-0.3, -0.25) is 0 Å². The van der Waals surface area contributed by atoms with Crippen molar-refractivity contribution in [1.29, 1.82) is 0 Å². The molecule has 3 aromatic rings. The van der Waals surface area contributed by atoms with Gasteiger partial charge in [0.2, 0.25) is 0 Å². The van der Waals surface area contributed by atoms with Crippen LogP contribution in [0, 0.1) is 0 Å². The molecule has 76 valence electrons. The summed E-state index contributed by atoms with van der Waals surface area (Å²) in [5.41, 5.74) is 2.80. The lowest BCUT2D eigenvalue weighted by Crippen LogP contribution is -1.92. The van der Waals surface area contributed by atoms with Crippen LogP contribution in [0.2, 0.25) is 0 Å². The third-order valence-corrected chi connectivity index (χ3v) is 2.90. The molecule has 0 fully saturated rings. The molecule has 0 aliphatic carbocycles. The maximum Gasteiger partial charge on any atom is 0.182 e. The Morgan fingerprint density at radius 1 is 1.19 bits per heavy atom. The largest absolute Gasteiger partial charge is 0.464 e. The van der Waals surface area contributed by atoms with Gasteiger partial charge in [-0.1, -0.05) is 18.2 Å². The van der Waals surface area contributed by atoms with E-state index in [-0.39, 0.29) is 0 Å². The summed E-state index contributed by atoms with van der Waals surface area (Å²) in [4.78, 5) is 4.24. The van der Waals surface area contributed by atoms with Crippen LogP contribution in [-0.2, 0) is 0 Å². The lowest BCUT2D eigenvalue weighted by molar-refractivity contribution is 0.487. The van der Waals surface area contributed by atoms with Crippen LogP contribution in [0.1, 0.15) is 5.56 Å². The third kappa shape index (κ3) is 0.852. The van der Waals surface area contributed by atoms with Crippen molar-refractivity contribution >= 4 is 27.9 Å². The Kier molecular flexibility index (Phi) is 1.31. The van der Waals surface area contributed by atoms with Gasteiger partial charge >= 0.3 is 0 Å². The topological polar surface area (TPSA) is 35.3 Å². The van der Waals surface area contributed by atoms with Gasteiger partial charge in [0.05, 0.1) is 6.26 Å². The molecule has 0 atom stereocenters. The molecule has 1 aliphatic heterocycles. The van der Waals surface area contributed by atoms with Crippen LogP contribution < -0.4 is 4.74 Å². The summed E-state index contributed by atoms with van der Waals surface area (Å²) < 4.78 is 10.8. The second-order valence-corrected chi connectivity index (χ2v) is 3.76. The van der Waals surface area contributed by atoms with Gasteiger partial charge in [0.25, 0.3) is 0 Å². The molecule has 1 aromatic heterocycles. The minimum absolute atomic E-state index is 0.759. The molecule has 4 rings (SSSR count). The quantitative estimate of drug-likeness (QED) is 0.569. The number of aromatic nitrogens is 1. The van der Waals surface area contributed by atoms with Crippen molar-refractivity contribution in [3.05, 3.63) is 42.5 Å². The van der Waals surface area contributed by atoms with Crippen LogP contribution >= 0.6 is 0 Å². The van der Waals surface area contributed by atoms with E-state index in [0.717, 1.165) is 33.2 Å². The average molecular weight is 209 g/mol. The molecule has 0 radical (unpaired) electrons. The van der Waals surface area contributed by atoms with E-state index in [1.807, 2.05) is 24.3 Å². The van der Waals surface area contributed by atoms with Gasteiger partial charge in [0, 0.05) is 16.8 Å². The monoisotopic (exact) mass is 209 g/mol. The number of rotatable bonds is 0. The third-order valence-electron chi connectivity index (χ3n) is 2.90. The van der Waals surface area contributed by atoms with Crippen molar-refractivity contribution in [2.24, 2.45) is 0 Å². The molecule has 16 heavy (non-hydrogen) atoms. The first-order chi connectivity index (χ1) is 7.93. The summed E-state index contributed by atoms with van der Waals surface area (Å²) in [6, 6.07) is 8.01. The summed E-state index contributed by atoms with van der Waals surface area (Å²) in [6.45, 7) is 0. The van der Waals surface area contributed by atoms with E-state index in [2.05, 4.69) is 11.1 Å². The number of nitrogens with zero attached hydrogens (tertiary/aromatic N) is 1. The predicted octanol–water partition coefficient (Wildman–Crippen LogP) is 3.34. The Morgan fingerprint density at radius 2 is 2.19 bits per heavy atom. The lowest BCUT2D eigenvalue weighted by atomic mass is 10.0. The van der Waals surface area contributed by atoms with Crippen LogP contribution in [0.5, 0.6) is 5.75 Å². The molecule has 2 aromatic carbocycles. The molecule has 0 N–H and O–H groups in total. The number of hydrogen-bond donors (Lipinski definition) is 0. The van der Waals surface area contributed by atoms with Gasteiger partial charge in [-0.25, -0.2) is 4.98 Å². The standard InChI is InChI=1S/C13H7NO2/c1-2-8-4-5-15-10-6-11-13(14-7-16-11)9(3-1)12(8)10/h1-7H. The molecule has 0 unspecified atom stereocenters. The van der Waals surface area contributed by atoms with E-state index in [9.17, 15) is 0 Å². The Hall–Kier alpha value is -2.29. The zero-order valence-corrected chi connectivity index (χ0v) is 8.31. The first-order valence-corrected chi connectivity index (χ1v) is 5.05. The van der Waals surface area contributed by atoms with Crippen LogP contribution in [0.25, 0.3) is 27.9 Å². The summed E-state index contributed by atoms with van der Waals surface area (Å²) in [6.07, 6.45) is 5.12. The average Bonchev–Trinajstić information content (AvgIpc) is 2.78. The van der Waals surface area contributed by atoms with Crippen molar-refractivity contribution in [2.75, 3.05) is 0 Å². The smallest absolute Gasteiger partial charge is 0.182 e. The fourth-order valence-electron chi connectivity index (χ4n) is 2.21. The SMILES string of the molecule is C1=Cc2cccc3c2c(cc2ocnc23)O1. The van der Waals surface area contributed by atoms with Gasteiger partial charge in [-0.2, -0.15) is 0 Å². The minimum atomic E-state index is 0.759. The molecular weight excluding hydrogens is 202 g/mol. The highest BCUT2D eigenvalue weighted by Gasteiger charge is 2.14. The maximum absolute atomic E-state index is 5.50. The van der Waals surface area contributed by atoms with E-state index in [1.54, 1.807) is 6.26 Å². The van der Waals surface area contributed by atoms with Crippen molar-refractivity contribution in [3.63, 3.8) is 0 Å². The zero-order valence-electron chi connectivity index (χ0n) is 8.31. The Balaban J connectivity index is 2.36. The van der Waals surface area contributed by atoms with E-state index in [4.69, 9.17) is 9.15 Å². The van der Waals surface area contributed by atoms with Crippen molar-refractivity contribution in [1.82, 2.24) is 4.98 Å². The minimum Gasteiger partial charge on any atom is -0.464 e. The molecule has 0 spiro atoms. The summed E-state index contributed by atoms with van der Waals surface area (Å²) in [5.74, 6) is 0.831. The highest BCUT2D eigenvalue weighted by atomic mass is 16.5. The van der Waals surface area contributed by atoms with Gasteiger partial charge in [-0.15, -0.1) is 0 Å². The number of ether oxygens (including phenoxy) is 1. The summed E-state index contributed by atoms with van der Waals surface area (Å²) in [7, 11) is 0. The molecule has 0 bridgehead atoms. The first-order valence-electron chi connectivity index (χ1n) is 5.05. The van der Waals surface area contributed by atoms with Gasteiger partial charge < -0.3 is 9.15 Å². The van der Waals surface area contributed by atoms with E-state index >= 15 is 0 Å². The summed E-state index contributed by atoms with van der Waals surface area (Å²) >= 11 is 0. The second kappa shape index (κ2) is 2.64. The zero-order chi connectivity index (χ0) is 10.5. The first kappa shape index (κ1) is 7.93. The molecule has 1 aliphatic rings. The number of fused-ring (bicyclic) bond motifs is 2. The van der Waals surface area contributed by atoms with E-state index < -0.39 is 0 Å².